The maximum Gasteiger partial charge on any atom is 0.259 e. The molecule has 0 spiro atoms. The Morgan fingerprint density at radius 1 is 1.19 bits per heavy atom. The van der Waals surface area contributed by atoms with E-state index < -0.39 is 0 Å². The predicted octanol–water partition coefficient (Wildman–Crippen LogP) is 3.11. The number of carbonyl (C=O) groups is 1. The van der Waals surface area contributed by atoms with Gasteiger partial charge in [0.05, 0.1) is 16.6 Å². The van der Waals surface area contributed by atoms with E-state index >= 15 is 0 Å². The average molecular weight is 354 g/mol. The summed E-state index contributed by atoms with van der Waals surface area (Å²) in [6, 6.07) is 2.34. The average Bonchev–Trinajstić information content (AvgIpc) is 3.02. The summed E-state index contributed by atoms with van der Waals surface area (Å²) in [5, 5.41) is 4.87. The number of fused-ring (bicyclic) bond motifs is 1. The molecule has 2 aromatic rings. The van der Waals surface area contributed by atoms with Crippen molar-refractivity contribution in [2.45, 2.75) is 57.4 Å². The number of aromatic nitrogens is 2. The van der Waals surface area contributed by atoms with Gasteiger partial charge in [0.2, 0.25) is 0 Å². The molecular weight excluding hydrogens is 328 g/mol. The molecule has 4 heterocycles. The summed E-state index contributed by atoms with van der Waals surface area (Å²) in [7, 11) is 0. The van der Waals surface area contributed by atoms with Crippen LogP contribution in [0.3, 0.4) is 0 Å². The Balaban J connectivity index is 1.47. The third kappa shape index (κ3) is 2.80. The van der Waals surface area contributed by atoms with E-state index in [4.69, 9.17) is 4.52 Å². The van der Waals surface area contributed by atoms with Crippen LogP contribution in [0.2, 0.25) is 0 Å². The molecule has 5 rings (SSSR count). The van der Waals surface area contributed by atoms with E-state index in [1.165, 1.54) is 25.9 Å². The molecule has 6 heteroatoms. The molecule has 0 radical (unpaired) electrons. The second-order valence-corrected chi connectivity index (χ2v) is 8.12. The van der Waals surface area contributed by atoms with Crippen LogP contribution in [0.15, 0.2) is 10.6 Å². The summed E-state index contributed by atoms with van der Waals surface area (Å²) < 4.78 is 5.42. The number of nitrogens with zero attached hydrogens (tertiary/aromatic N) is 4. The predicted molar refractivity (Wildman–Crippen MR) is 98.2 cm³/mol. The molecule has 6 nitrogen and oxygen atoms in total. The number of amides is 1. The Morgan fingerprint density at radius 2 is 2.00 bits per heavy atom. The summed E-state index contributed by atoms with van der Waals surface area (Å²) in [4.78, 5) is 22.7. The molecule has 3 aliphatic rings. The van der Waals surface area contributed by atoms with Crippen molar-refractivity contribution >= 4 is 17.0 Å². The monoisotopic (exact) mass is 354 g/mol. The first-order valence-corrected chi connectivity index (χ1v) is 10.0. The van der Waals surface area contributed by atoms with Gasteiger partial charge in [0, 0.05) is 30.7 Å². The normalized spacial score (nSPS) is 24.0. The van der Waals surface area contributed by atoms with Gasteiger partial charge in [-0.2, -0.15) is 0 Å². The van der Waals surface area contributed by atoms with E-state index in [2.05, 4.69) is 19.9 Å². The number of hydrogen-bond donors (Lipinski definition) is 0. The molecule has 3 fully saturated rings. The maximum atomic E-state index is 13.5. The molecule has 1 atom stereocenters. The molecule has 1 aliphatic carbocycles. The molecule has 138 valence electrons. The number of pyridine rings is 1. The van der Waals surface area contributed by atoms with Gasteiger partial charge in [0.1, 0.15) is 0 Å². The number of likely N-dealkylation sites (tertiary alicyclic amines) is 2. The highest BCUT2D eigenvalue weighted by Crippen LogP contribution is 2.41. The molecule has 2 aliphatic heterocycles. The number of carbonyl (C=O) groups excluding carboxylic acids is 1. The lowest BCUT2D eigenvalue weighted by molar-refractivity contribution is 0.0710. The molecule has 26 heavy (non-hydrogen) atoms. The van der Waals surface area contributed by atoms with Crippen molar-refractivity contribution in [3.8, 4) is 0 Å². The van der Waals surface area contributed by atoms with Crippen molar-refractivity contribution in [3.05, 3.63) is 23.0 Å². The lowest BCUT2D eigenvalue weighted by Crippen LogP contribution is -2.42. The lowest BCUT2D eigenvalue weighted by atomic mass is 10.1. The highest BCUT2D eigenvalue weighted by atomic mass is 16.5. The van der Waals surface area contributed by atoms with E-state index in [1.54, 1.807) is 0 Å². The lowest BCUT2D eigenvalue weighted by Gasteiger charge is -2.28. The van der Waals surface area contributed by atoms with Crippen molar-refractivity contribution in [2.24, 2.45) is 0 Å². The van der Waals surface area contributed by atoms with Gasteiger partial charge < -0.3 is 14.3 Å². The van der Waals surface area contributed by atoms with Crippen LogP contribution in [0.1, 0.15) is 66.2 Å². The molecule has 0 bridgehead atoms. The molecule has 1 unspecified atom stereocenters. The third-order valence-electron chi connectivity index (χ3n) is 6.17. The summed E-state index contributed by atoms with van der Waals surface area (Å²) in [5.41, 5.74) is 3.01. The topological polar surface area (TPSA) is 62.5 Å². The van der Waals surface area contributed by atoms with Crippen LogP contribution in [0.5, 0.6) is 0 Å². The molecule has 2 aromatic heterocycles. The van der Waals surface area contributed by atoms with Crippen LogP contribution in [-0.4, -0.2) is 58.1 Å². The van der Waals surface area contributed by atoms with Gasteiger partial charge in [-0.1, -0.05) is 5.16 Å². The second-order valence-electron chi connectivity index (χ2n) is 8.12. The van der Waals surface area contributed by atoms with Gasteiger partial charge in [-0.15, -0.1) is 0 Å². The molecule has 0 aromatic carbocycles. The zero-order valence-corrected chi connectivity index (χ0v) is 15.4. The first-order chi connectivity index (χ1) is 12.7. The van der Waals surface area contributed by atoms with E-state index in [1.807, 2.05) is 13.0 Å². The van der Waals surface area contributed by atoms with Crippen molar-refractivity contribution in [2.75, 3.05) is 26.2 Å². The molecule has 2 saturated heterocycles. The van der Waals surface area contributed by atoms with Crippen LogP contribution >= 0.6 is 0 Å². The van der Waals surface area contributed by atoms with E-state index in [0.29, 0.717) is 17.7 Å². The van der Waals surface area contributed by atoms with Crippen LogP contribution in [-0.2, 0) is 0 Å². The molecule has 0 N–H and O–H groups in total. The first-order valence-electron chi connectivity index (χ1n) is 10.0. The van der Waals surface area contributed by atoms with E-state index in [-0.39, 0.29) is 5.91 Å². The summed E-state index contributed by atoms with van der Waals surface area (Å²) in [6.45, 7) is 6.11. The molecule has 1 amide bonds. The van der Waals surface area contributed by atoms with E-state index in [9.17, 15) is 4.79 Å². The number of rotatable bonds is 4. The van der Waals surface area contributed by atoms with Gasteiger partial charge in [-0.3, -0.25) is 4.79 Å². The van der Waals surface area contributed by atoms with Crippen LogP contribution in [0, 0.1) is 6.92 Å². The Labute approximate surface area is 153 Å². The van der Waals surface area contributed by atoms with Crippen LogP contribution in [0.4, 0.5) is 0 Å². The first kappa shape index (κ1) is 16.2. The Bertz CT molecular complexity index is 836. The Kier molecular flexibility index (Phi) is 3.96. The van der Waals surface area contributed by atoms with Gasteiger partial charge in [0.15, 0.2) is 0 Å². The highest BCUT2D eigenvalue weighted by molar-refractivity contribution is 6.06. The Hall–Kier alpha value is -1.95. The van der Waals surface area contributed by atoms with Crippen LogP contribution < -0.4 is 0 Å². The minimum atomic E-state index is 0.132. The number of aryl methyl sites for hydroxylation is 1. The largest absolute Gasteiger partial charge is 0.336 e. The summed E-state index contributed by atoms with van der Waals surface area (Å²) in [6.07, 6.45) is 7.08. The van der Waals surface area contributed by atoms with Gasteiger partial charge >= 0.3 is 0 Å². The number of hydrogen-bond acceptors (Lipinski definition) is 5. The zero-order valence-electron chi connectivity index (χ0n) is 15.4. The quantitative estimate of drug-likeness (QED) is 0.844. The minimum Gasteiger partial charge on any atom is -0.336 e. The van der Waals surface area contributed by atoms with Crippen molar-refractivity contribution in [3.63, 3.8) is 0 Å². The third-order valence-corrected chi connectivity index (χ3v) is 6.17. The van der Waals surface area contributed by atoms with Crippen molar-refractivity contribution < 1.29 is 9.32 Å². The summed E-state index contributed by atoms with van der Waals surface area (Å²) >= 11 is 0. The second kappa shape index (κ2) is 6.34. The van der Waals surface area contributed by atoms with Crippen molar-refractivity contribution in [1.29, 1.82) is 0 Å². The fraction of sp³-hybridized carbons (Fsp3) is 0.650. The van der Waals surface area contributed by atoms with Gasteiger partial charge in [0.25, 0.3) is 11.6 Å². The Morgan fingerprint density at radius 3 is 2.77 bits per heavy atom. The standard InChI is InChI=1S/C20H26N4O2/c1-13-18-16(11-17(14-6-7-14)21-19(18)26-22-13)20(25)24-10-4-5-15(24)12-23-8-2-3-9-23/h11,14-15H,2-10,12H2,1H3. The zero-order chi connectivity index (χ0) is 17.7. The summed E-state index contributed by atoms with van der Waals surface area (Å²) in [5.74, 6) is 0.614. The fourth-order valence-electron chi connectivity index (χ4n) is 4.58. The van der Waals surface area contributed by atoms with Crippen molar-refractivity contribution in [1.82, 2.24) is 19.9 Å². The molecule has 1 saturated carbocycles. The fourth-order valence-corrected chi connectivity index (χ4v) is 4.58. The highest BCUT2D eigenvalue weighted by Gasteiger charge is 2.34. The van der Waals surface area contributed by atoms with E-state index in [0.717, 1.165) is 61.1 Å². The minimum absolute atomic E-state index is 0.132. The van der Waals surface area contributed by atoms with Crippen LogP contribution in [0.25, 0.3) is 11.1 Å². The van der Waals surface area contributed by atoms with Gasteiger partial charge in [-0.05, 0) is 64.6 Å². The maximum absolute atomic E-state index is 13.5. The molecular formula is C20H26N4O2. The SMILES string of the molecule is Cc1noc2nc(C3CC3)cc(C(=O)N3CCCC3CN3CCCC3)c12. The van der Waals surface area contributed by atoms with Gasteiger partial charge in [-0.25, -0.2) is 4.98 Å². The smallest absolute Gasteiger partial charge is 0.259 e.